The summed E-state index contributed by atoms with van der Waals surface area (Å²) in [6, 6.07) is 21.3. The highest BCUT2D eigenvalue weighted by atomic mass is 32.2. The van der Waals surface area contributed by atoms with E-state index in [0.29, 0.717) is 31.4 Å². The van der Waals surface area contributed by atoms with Crippen LogP contribution in [0, 0.1) is 12.7 Å². The fourth-order valence-electron chi connectivity index (χ4n) is 5.89. The zero-order valence-electron chi connectivity index (χ0n) is 21.9. The molecule has 0 bridgehead atoms. The van der Waals surface area contributed by atoms with Crippen molar-refractivity contribution in [2.45, 2.75) is 60.7 Å². The Labute approximate surface area is 233 Å². The number of hydrogen-bond donors (Lipinski definition) is 2. The number of thioether (sulfide) groups is 1. The maximum Gasteiger partial charge on any atom is 0.159 e. The molecule has 2 N–H and O–H groups in total. The third-order valence-electron chi connectivity index (χ3n) is 7.82. The largest absolute Gasteiger partial charge is 0.389 e. The van der Waals surface area contributed by atoms with Gasteiger partial charge in [-0.3, -0.25) is 9.52 Å². The smallest absolute Gasteiger partial charge is 0.159 e. The molecule has 6 heteroatoms. The van der Waals surface area contributed by atoms with Crippen LogP contribution in [0.15, 0.2) is 77.2 Å². The highest BCUT2D eigenvalue weighted by Crippen LogP contribution is 2.49. The van der Waals surface area contributed by atoms with E-state index in [1.54, 1.807) is 29.8 Å². The monoisotopic (exact) mass is 547 g/mol. The van der Waals surface area contributed by atoms with Gasteiger partial charge in [-0.1, -0.05) is 54.4 Å². The average molecular weight is 548 g/mol. The number of Topliss-reactive ketones (excluding diaryl/α,β-unsaturated/α-hetero) is 1. The van der Waals surface area contributed by atoms with Crippen LogP contribution >= 0.6 is 23.7 Å². The van der Waals surface area contributed by atoms with Crippen LogP contribution in [0.3, 0.4) is 0 Å². The van der Waals surface area contributed by atoms with Gasteiger partial charge in [0.15, 0.2) is 5.78 Å². The summed E-state index contributed by atoms with van der Waals surface area (Å²) in [5, 5.41) is 12.5. The quantitative estimate of drug-likeness (QED) is 0.257. The lowest BCUT2D eigenvalue weighted by atomic mass is 9.70. The molecule has 38 heavy (non-hydrogen) atoms. The summed E-state index contributed by atoms with van der Waals surface area (Å²) in [5.41, 5.74) is 4.62. The van der Waals surface area contributed by atoms with Gasteiger partial charge in [0, 0.05) is 34.6 Å². The Bertz CT molecular complexity index is 1340. The number of hydrogen-bond acceptors (Lipinski definition) is 5. The molecule has 1 aliphatic heterocycles. The van der Waals surface area contributed by atoms with Gasteiger partial charge in [-0.2, -0.15) is 0 Å². The van der Waals surface area contributed by atoms with E-state index in [2.05, 4.69) is 35.3 Å². The molecule has 1 aliphatic carbocycles. The van der Waals surface area contributed by atoms with E-state index in [1.807, 2.05) is 43.3 Å². The Morgan fingerprint density at radius 2 is 1.92 bits per heavy atom. The third-order valence-corrected chi connectivity index (χ3v) is 9.62. The van der Waals surface area contributed by atoms with Crippen molar-refractivity contribution in [3.63, 3.8) is 0 Å². The van der Waals surface area contributed by atoms with E-state index < -0.39 is 11.5 Å². The minimum absolute atomic E-state index is 0.0889. The van der Waals surface area contributed by atoms with Crippen LogP contribution in [-0.4, -0.2) is 29.3 Å². The SMILES string of the molecule is CSc1ccc2c(c1)C=C(C(c1ccccc1)C1(O)CCNSC(c3ccc(F)cc3C)C1)C(=O)CCC2. The van der Waals surface area contributed by atoms with Gasteiger partial charge in [0.2, 0.25) is 0 Å². The Hall–Kier alpha value is -2.38. The number of fused-ring (bicyclic) bond motifs is 1. The molecule has 1 saturated heterocycles. The number of ketones is 1. The van der Waals surface area contributed by atoms with Gasteiger partial charge in [-0.05, 0) is 97.0 Å². The lowest BCUT2D eigenvalue weighted by molar-refractivity contribution is -0.116. The van der Waals surface area contributed by atoms with E-state index in [1.165, 1.54) is 11.6 Å². The molecule has 3 atom stereocenters. The van der Waals surface area contributed by atoms with Crippen molar-refractivity contribution in [2.24, 2.45) is 0 Å². The molecule has 1 fully saturated rings. The Morgan fingerprint density at radius 1 is 1.11 bits per heavy atom. The summed E-state index contributed by atoms with van der Waals surface area (Å²) in [6.07, 6.45) is 7.17. The molecule has 3 aromatic rings. The molecule has 0 saturated carbocycles. The molecule has 0 radical (unpaired) electrons. The second kappa shape index (κ2) is 11.8. The van der Waals surface area contributed by atoms with Crippen LogP contribution in [0.1, 0.15) is 64.7 Å². The van der Waals surface area contributed by atoms with Crippen molar-refractivity contribution in [2.75, 3.05) is 12.8 Å². The number of carbonyl (C=O) groups is 1. The van der Waals surface area contributed by atoms with Crippen LogP contribution in [-0.2, 0) is 11.2 Å². The Morgan fingerprint density at radius 3 is 2.68 bits per heavy atom. The van der Waals surface area contributed by atoms with Crippen molar-refractivity contribution in [3.05, 3.63) is 106 Å². The van der Waals surface area contributed by atoms with Crippen molar-refractivity contribution in [1.29, 1.82) is 0 Å². The summed E-state index contributed by atoms with van der Waals surface area (Å²) in [4.78, 5) is 15.0. The fraction of sp³-hybridized carbons (Fsp3) is 0.344. The first-order valence-electron chi connectivity index (χ1n) is 13.2. The Kier molecular flexibility index (Phi) is 8.44. The average Bonchev–Trinajstić information content (AvgIpc) is 3.10. The predicted octanol–water partition coefficient (Wildman–Crippen LogP) is 7.43. The maximum absolute atomic E-state index is 13.9. The van der Waals surface area contributed by atoms with Crippen LogP contribution < -0.4 is 4.72 Å². The van der Waals surface area contributed by atoms with Crippen LogP contribution in [0.2, 0.25) is 0 Å². The molecule has 1 heterocycles. The van der Waals surface area contributed by atoms with E-state index in [4.69, 9.17) is 0 Å². The molecule has 2 aliphatic rings. The van der Waals surface area contributed by atoms with Crippen LogP contribution in [0.25, 0.3) is 6.08 Å². The third kappa shape index (κ3) is 5.79. The molecule has 198 valence electrons. The number of nitrogens with one attached hydrogen (secondary N) is 1. The normalized spacial score (nSPS) is 23.0. The van der Waals surface area contributed by atoms with Crippen molar-refractivity contribution < 1.29 is 14.3 Å². The number of aliphatic hydroxyl groups is 1. The van der Waals surface area contributed by atoms with Gasteiger partial charge < -0.3 is 5.11 Å². The van der Waals surface area contributed by atoms with Crippen molar-refractivity contribution in [3.8, 4) is 0 Å². The minimum Gasteiger partial charge on any atom is -0.389 e. The Balaban J connectivity index is 1.65. The predicted molar refractivity (Wildman–Crippen MR) is 157 cm³/mol. The topological polar surface area (TPSA) is 49.3 Å². The van der Waals surface area contributed by atoms with E-state index >= 15 is 0 Å². The fourth-order valence-corrected chi connectivity index (χ4v) is 7.52. The second-order valence-electron chi connectivity index (χ2n) is 10.3. The summed E-state index contributed by atoms with van der Waals surface area (Å²) >= 11 is 3.27. The van der Waals surface area contributed by atoms with Gasteiger partial charge in [0.05, 0.1) is 5.60 Å². The number of halogens is 1. The van der Waals surface area contributed by atoms with E-state index in [-0.39, 0.29) is 16.9 Å². The first kappa shape index (κ1) is 27.2. The molecular weight excluding hydrogens is 513 g/mol. The number of aryl methyl sites for hydroxylation is 2. The van der Waals surface area contributed by atoms with Crippen molar-refractivity contribution >= 4 is 35.6 Å². The number of rotatable bonds is 5. The molecule has 3 unspecified atom stereocenters. The van der Waals surface area contributed by atoms with Gasteiger partial charge in [-0.25, -0.2) is 4.39 Å². The lowest BCUT2D eigenvalue weighted by Gasteiger charge is -2.39. The van der Waals surface area contributed by atoms with Gasteiger partial charge in [-0.15, -0.1) is 11.8 Å². The molecule has 0 aromatic heterocycles. The highest BCUT2D eigenvalue weighted by Gasteiger charge is 2.45. The molecule has 5 rings (SSSR count). The minimum atomic E-state index is -1.18. The van der Waals surface area contributed by atoms with Crippen LogP contribution in [0.5, 0.6) is 0 Å². The van der Waals surface area contributed by atoms with Crippen molar-refractivity contribution in [1.82, 2.24) is 4.72 Å². The first-order valence-corrected chi connectivity index (χ1v) is 15.3. The molecule has 0 spiro atoms. The summed E-state index contributed by atoms with van der Waals surface area (Å²) < 4.78 is 17.3. The standard InChI is InChI=1S/C32H34FNO2S2/c1-21-17-25(33)12-14-27(21)30-20-32(36,15-16-34-38-30)31(23-7-4-3-5-8-23)28-19-24-18-26(37-2)13-11-22(24)9-6-10-29(28)35/h3-5,7-8,11-14,17-19,30-31,34,36H,6,9-10,15-16,20H2,1-2H3. The van der Waals surface area contributed by atoms with E-state index in [0.717, 1.165) is 40.0 Å². The lowest BCUT2D eigenvalue weighted by Crippen LogP contribution is -2.40. The highest BCUT2D eigenvalue weighted by molar-refractivity contribution is 7.98. The maximum atomic E-state index is 13.9. The van der Waals surface area contributed by atoms with E-state index in [9.17, 15) is 14.3 Å². The molecule has 3 nitrogen and oxygen atoms in total. The number of benzene rings is 3. The molecule has 3 aromatic carbocycles. The second-order valence-corrected chi connectivity index (χ2v) is 12.3. The number of carbonyl (C=O) groups excluding carboxylic acids is 1. The zero-order chi connectivity index (χ0) is 26.7. The summed E-state index contributed by atoms with van der Waals surface area (Å²) in [6.45, 7) is 2.52. The first-order chi connectivity index (χ1) is 18.4. The van der Waals surface area contributed by atoms with Crippen LogP contribution in [0.4, 0.5) is 4.39 Å². The zero-order valence-corrected chi connectivity index (χ0v) is 23.5. The summed E-state index contributed by atoms with van der Waals surface area (Å²) in [5.74, 6) is -0.639. The summed E-state index contributed by atoms with van der Waals surface area (Å²) in [7, 11) is 0. The van der Waals surface area contributed by atoms with Gasteiger partial charge in [0.1, 0.15) is 5.82 Å². The van der Waals surface area contributed by atoms with Gasteiger partial charge in [0.25, 0.3) is 0 Å². The van der Waals surface area contributed by atoms with Gasteiger partial charge >= 0.3 is 0 Å². The molecule has 0 amide bonds. The molecular formula is C32H34FNO2S2.